The standard InChI is InChI=1S/C25H31BrN2O4/c1-3-4-5-6-7-8-9-10-24(29)28-27-18-20-17-21(26)13-16-23(20)32-25(30)19-11-14-22(31-2)15-12-19/h11-18H,3-10H2,1-2H3,(H,28,29). The molecule has 2 aromatic rings. The summed E-state index contributed by atoms with van der Waals surface area (Å²) < 4.78 is 11.4. The highest BCUT2D eigenvalue weighted by Crippen LogP contribution is 2.23. The molecule has 0 saturated heterocycles. The van der Waals surface area contributed by atoms with Gasteiger partial charge in [-0.15, -0.1) is 0 Å². The molecular weight excluding hydrogens is 472 g/mol. The summed E-state index contributed by atoms with van der Waals surface area (Å²) in [7, 11) is 1.56. The molecule has 0 spiro atoms. The monoisotopic (exact) mass is 502 g/mol. The van der Waals surface area contributed by atoms with Crippen molar-refractivity contribution in [1.82, 2.24) is 5.43 Å². The van der Waals surface area contributed by atoms with Gasteiger partial charge in [0.1, 0.15) is 11.5 Å². The molecule has 0 aromatic heterocycles. The predicted octanol–water partition coefficient (Wildman–Crippen LogP) is 6.27. The maximum Gasteiger partial charge on any atom is 0.343 e. The molecule has 0 radical (unpaired) electrons. The van der Waals surface area contributed by atoms with E-state index in [0.29, 0.717) is 29.0 Å². The molecule has 1 amide bonds. The van der Waals surface area contributed by atoms with Gasteiger partial charge in [-0.1, -0.05) is 61.4 Å². The normalized spacial score (nSPS) is 10.8. The minimum absolute atomic E-state index is 0.124. The molecule has 0 aliphatic rings. The Morgan fingerprint density at radius 1 is 1.00 bits per heavy atom. The first kappa shape index (κ1) is 25.6. The van der Waals surface area contributed by atoms with Crippen LogP contribution in [0, 0.1) is 0 Å². The van der Waals surface area contributed by atoms with Crippen LogP contribution in [0.25, 0.3) is 0 Å². The fourth-order valence-corrected chi connectivity index (χ4v) is 3.45. The summed E-state index contributed by atoms with van der Waals surface area (Å²) in [6.07, 6.45) is 10.0. The zero-order valence-corrected chi connectivity index (χ0v) is 20.3. The lowest BCUT2D eigenvalue weighted by atomic mass is 10.1. The molecule has 0 fully saturated rings. The lowest BCUT2D eigenvalue weighted by molar-refractivity contribution is -0.121. The Labute approximate surface area is 198 Å². The minimum Gasteiger partial charge on any atom is -0.497 e. The van der Waals surface area contributed by atoms with E-state index < -0.39 is 5.97 Å². The number of benzene rings is 2. The first-order chi connectivity index (χ1) is 15.5. The molecule has 0 aliphatic heterocycles. The van der Waals surface area contributed by atoms with Crippen molar-refractivity contribution < 1.29 is 19.1 Å². The van der Waals surface area contributed by atoms with Crippen LogP contribution in [0.2, 0.25) is 0 Å². The van der Waals surface area contributed by atoms with Crippen LogP contribution in [0.1, 0.15) is 74.2 Å². The van der Waals surface area contributed by atoms with E-state index in [1.54, 1.807) is 49.6 Å². The van der Waals surface area contributed by atoms with E-state index in [1.807, 2.05) is 0 Å². The maximum absolute atomic E-state index is 12.5. The molecule has 0 saturated carbocycles. The number of hydrazone groups is 1. The van der Waals surface area contributed by atoms with Crippen LogP contribution in [-0.4, -0.2) is 25.2 Å². The number of ether oxygens (including phenoxy) is 2. The van der Waals surface area contributed by atoms with Gasteiger partial charge in [-0.05, 0) is 48.9 Å². The van der Waals surface area contributed by atoms with Crippen molar-refractivity contribution in [3.8, 4) is 11.5 Å². The number of unbranched alkanes of at least 4 members (excludes halogenated alkanes) is 6. The van der Waals surface area contributed by atoms with Gasteiger partial charge in [0.05, 0.1) is 18.9 Å². The maximum atomic E-state index is 12.5. The predicted molar refractivity (Wildman–Crippen MR) is 130 cm³/mol. The molecule has 0 unspecified atom stereocenters. The molecule has 0 heterocycles. The zero-order valence-electron chi connectivity index (χ0n) is 18.7. The minimum atomic E-state index is -0.493. The third kappa shape index (κ3) is 9.22. The summed E-state index contributed by atoms with van der Waals surface area (Å²) in [5.41, 5.74) is 3.52. The summed E-state index contributed by atoms with van der Waals surface area (Å²) in [6, 6.07) is 11.9. The number of esters is 1. The highest BCUT2D eigenvalue weighted by Gasteiger charge is 2.12. The average molecular weight is 503 g/mol. The van der Waals surface area contributed by atoms with Crippen molar-refractivity contribution in [2.24, 2.45) is 5.10 Å². The van der Waals surface area contributed by atoms with Crippen LogP contribution >= 0.6 is 15.9 Å². The van der Waals surface area contributed by atoms with Gasteiger partial charge in [0.15, 0.2) is 0 Å². The topological polar surface area (TPSA) is 77.0 Å². The van der Waals surface area contributed by atoms with E-state index in [-0.39, 0.29) is 5.91 Å². The molecule has 0 bridgehead atoms. The molecule has 7 heteroatoms. The Kier molecular flexibility index (Phi) is 11.5. The number of nitrogens with one attached hydrogen (secondary N) is 1. The molecule has 6 nitrogen and oxygen atoms in total. The highest BCUT2D eigenvalue weighted by atomic mass is 79.9. The number of rotatable bonds is 13. The van der Waals surface area contributed by atoms with Crippen molar-refractivity contribution in [3.05, 3.63) is 58.1 Å². The molecule has 1 N–H and O–H groups in total. The fraction of sp³-hybridized carbons (Fsp3) is 0.400. The van der Waals surface area contributed by atoms with E-state index in [0.717, 1.165) is 23.7 Å². The number of nitrogens with zero attached hydrogens (tertiary/aromatic N) is 1. The number of amides is 1. The second-order valence-electron chi connectivity index (χ2n) is 7.46. The molecule has 2 aromatic carbocycles. The van der Waals surface area contributed by atoms with Crippen LogP contribution in [0.5, 0.6) is 11.5 Å². The van der Waals surface area contributed by atoms with E-state index in [2.05, 4.69) is 33.4 Å². The van der Waals surface area contributed by atoms with Crippen LogP contribution in [-0.2, 0) is 4.79 Å². The summed E-state index contributed by atoms with van der Waals surface area (Å²) >= 11 is 3.41. The Morgan fingerprint density at radius 3 is 2.38 bits per heavy atom. The molecule has 32 heavy (non-hydrogen) atoms. The Bertz CT molecular complexity index is 897. The van der Waals surface area contributed by atoms with Crippen molar-refractivity contribution in [2.45, 2.75) is 58.3 Å². The van der Waals surface area contributed by atoms with E-state index in [4.69, 9.17) is 9.47 Å². The lowest BCUT2D eigenvalue weighted by Crippen LogP contribution is -2.17. The largest absolute Gasteiger partial charge is 0.497 e. The molecule has 2 rings (SSSR count). The fourth-order valence-electron chi connectivity index (χ4n) is 3.07. The van der Waals surface area contributed by atoms with Gasteiger partial charge in [0, 0.05) is 16.5 Å². The number of hydrogen-bond acceptors (Lipinski definition) is 5. The van der Waals surface area contributed by atoms with Gasteiger partial charge < -0.3 is 9.47 Å². The average Bonchev–Trinajstić information content (AvgIpc) is 2.80. The summed E-state index contributed by atoms with van der Waals surface area (Å²) in [4.78, 5) is 24.5. The second kappa shape index (κ2) is 14.4. The van der Waals surface area contributed by atoms with Gasteiger partial charge >= 0.3 is 5.97 Å². The Morgan fingerprint density at radius 2 is 1.69 bits per heavy atom. The number of carbonyl (C=O) groups is 2. The third-order valence-corrected chi connectivity index (χ3v) is 5.39. The van der Waals surface area contributed by atoms with Gasteiger partial charge in [-0.25, -0.2) is 10.2 Å². The first-order valence-electron chi connectivity index (χ1n) is 11.0. The SMILES string of the molecule is CCCCCCCCCC(=O)NN=Cc1cc(Br)ccc1OC(=O)c1ccc(OC)cc1. The van der Waals surface area contributed by atoms with Crippen LogP contribution in [0.3, 0.4) is 0 Å². The van der Waals surface area contributed by atoms with Crippen molar-refractivity contribution in [3.63, 3.8) is 0 Å². The molecule has 0 atom stereocenters. The van der Waals surface area contributed by atoms with Gasteiger partial charge in [-0.2, -0.15) is 5.10 Å². The molecule has 0 aliphatic carbocycles. The molecular formula is C25H31BrN2O4. The van der Waals surface area contributed by atoms with Crippen molar-refractivity contribution in [1.29, 1.82) is 0 Å². The van der Waals surface area contributed by atoms with Gasteiger partial charge in [0.2, 0.25) is 5.91 Å². The number of methoxy groups -OCH3 is 1. The quantitative estimate of drug-likeness (QED) is 0.115. The van der Waals surface area contributed by atoms with Crippen LogP contribution < -0.4 is 14.9 Å². The van der Waals surface area contributed by atoms with Crippen molar-refractivity contribution in [2.75, 3.05) is 7.11 Å². The third-order valence-electron chi connectivity index (χ3n) is 4.90. The summed E-state index contributed by atoms with van der Waals surface area (Å²) in [5.74, 6) is 0.388. The number of carbonyl (C=O) groups excluding carboxylic acids is 2. The van der Waals surface area contributed by atoms with Crippen molar-refractivity contribution >= 4 is 34.0 Å². The number of halogens is 1. The van der Waals surface area contributed by atoms with E-state index in [9.17, 15) is 9.59 Å². The highest BCUT2D eigenvalue weighted by molar-refractivity contribution is 9.10. The number of hydrogen-bond donors (Lipinski definition) is 1. The lowest BCUT2D eigenvalue weighted by Gasteiger charge is -2.08. The van der Waals surface area contributed by atoms with Gasteiger partial charge in [-0.3, -0.25) is 4.79 Å². The first-order valence-corrected chi connectivity index (χ1v) is 11.8. The Balaban J connectivity index is 1.87. The zero-order chi connectivity index (χ0) is 23.2. The summed E-state index contributed by atoms with van der Waals surface area (Å²) in [6.45, 7) is 2.20. The van der Waals surface area contributed by atoms with Crippen LogP contribution in [0.15, 0.2) is 52.0 Å². The van der Waals surface area contributed by atoms with E-state index >= 15 is 0 Å². The Hall–Kier alpha value is -2.67. The summed E-state index contributed by atoms with van der Waals surface area (Å²) in [5, 5.41) is 4.03. The smallest absolute Gasteiger partial charge is 0.343 e. The van der Waals surface area contributed by atoms with Gasteiger partial charge in [0.25, 0.3) is 0 Å². The molecule has 172 valence electrons. The second-order valence-corrected chi connectivity index (χ2v) is 8.38. The van der Waals surface area contributed by atoms with E-state index in [1.165, 1.54) is 31.9 Å². The van der Waals surface area contributed by atoms with Crippen LogP contribution in [0.4, 0.5) is 0 Å².